The number of carboxylic acid groups (broad SMARTS) is 1. The molecule has 2 nitrogen and oxygen atoms in total. The summed E-state index contributed by atoms with van der Waals surface area (Å²) in [4.78, 5) is 10.5. The molecule has 0 bridgehead atoms. The van der Waals surface area contributed by atoms with Crippen LogP contribution in [-0.4, -0.2) is 11.1 Å². The van der Waals surface area contributed by atoms with Gasteiger partial charge in [-0.3, -0.25) is 4.79 Å². The van der Waals surface area contributed by atoms with E-state index in [0.29, 0.717) is 12.3 Å². The third-order valence-electron chi connectivity index (χ3n) is 3.55. The van der Waals surface area contributed by atoms with Crippen molar-refractivity contribution in [3.63, 3.8) is 0 Å². The van der Waals surface area contributed by atoms with Crippen LogP contribution in [0.1, 0.15) is 38.5 Å². The van der Waals surface area contributed by atoms with Gasteiger partial charge in [-0.15, -0.1) is 0 Å². The Labute approximate surface area is 73.0 Å². The zero-order valence-corrected chi connectivity index (χ0v) is 7.33. The lowest BCUT2D eigenvalue weighted by atomic mass is 10.0. The SMILES string of the molecule is O=C(O)CC1CC2CCCC2C1. The number of hydrogen-bond donors (Lipinski definition) is 1. The van der Waals surface area contributed by atoms with Crippen LogP contribution in [0.15, 0.2) is 0 Å². The molecule has 0 spiro atoms. The Morgan fingerprint density at radius 2 is 1.83 bits per heavy atom. The van der Waals surface area contributed by atoms with Crippen LogP contribution in [0.4, 0.5) is 0 Å². The standard InChI is InChI=1S/C10H16O2/c11-10(12)6-7-4-8-2-1-3-9(8)5-7/h7-9H,1-6H2,(H,11,12). The molecule has 12 heavy (non-hydrogen) atoms. The average molecular weight is 168 g/mol. The summed E-state index contributed by atoms with van der Waals surface area (Å²) in [6, 6.07) is 0. The number of fused-ring (bicyclic) bond motifs is 1. The van der Waals surface area contributed by atoms with Gasteiger partial charge in [0.25, 0.3) is 0 Å². The Kier molecular flexibility index (Phi) is 2.07. The lowest BCUT2D eigenvalue weighted by molar-refractivity contribution is -0.138. The fourth-order valence-corrected chi connectivity index (χ4v) is 3.10. The highest BCUT2D eigenvalue weighted by Crippen LogP contribution is 2.47. The highest BCUT2D eigenvalue weighted by Gasteiger charge is 2.37. The summed E-state index contributed by atoms with van der Waals surface area (Å²) in [6.07, 6.45) is 6.90. The van der Waals surface area contributed by atoms with Gasteiger partial charge in [0.1, 0.15) is 0 Å². The van der Waals surface area contributed by atoms with Crippen molar-refractivity contribution >= 4 is 5.97 Å². The Morgan fingerprint density at radius 3 is 2.33 bits per heavy atom. The smallest absolute Gasteiger partial charge is 0.303 e. The van der Waals surface area contributed by atoms with Crippen LogP contribution in [0.25, 0.3) is 0 Å². The molecule has 0 aromatic heterocycles. The van der Waals surface area contributed by atoms with Crippen molar-refractivity contribution < 1.29 is 9.90 Å². The molecular weight excluding hydrogens is 152 g/mol. The Balaban J connectivity index is 1.86. The van der Waals surface area contributed by atoms with Crippen LogP contribution in [-0.2, 0) is 4.79 Å². The molecule has 0 amide bonds. The Hall–Kier alpha value is -0.530. The normalized spacial score (nSPS) is 39.8. The molecule has 2 unspecified atom stereocenters. The predicted octanol–water partition coefficient (Wildman–Crippen LogP) is 2.29. The van der Waals surface area contributed by atoms with Gasteiger partial charge in [0.2, 0.25) is 0 Å². The van der Waals surface area contributed by atoms with Gasteiger partial charge in [-0.05, 0) is 30.6 Å². The summed E-state index contributed by atoms with van der Waals surface area (Å²) < 4.78 is 0. The summed E-state index contributed by atoms with van der Waals surface area (Å²) in [7, 11) is 0. The summed E-state index contributed by atoms with van der Waals surface area (Å²) >= 11 is 0. The van der Waals surface area contributed by atoms with E-state index < -0.39 is 5.97 Å². The minimum absolute atomic E-state index is 0.410. The molecule has 2 rings (SSSR count). The van der Waals surface area contributed by atoms with E-state index in [-0.39, 0.29) is 0 Å². The highest BCUT2D eigenvalue weighted by molar-refractivity contribution is 5.67. The lowest BCUT2D eigenvalue weighted by Gasteiger charge is -2.06. The second-order valence-corrected chi connectivity index (χ2v) is 4.39. The van der Waals surface area contributed by atoms with Crippen molar-refractivity contribution in [3.8, 4) is 0 Å². The second kappa shape index (κ2) is 3.08. The number of rotatable bonds is 2. The molecule has 0 radical (unpaired) electrons. The zero-order valence-electron chi connectivity index (χ0n) is 7.33. The number of hydrogen-bond acceptors (Lipinski definition) is 1. The van der Waals surface area contributed by atoms with Gasteiger partial charge in [0.05, 0.1) is 0 Å². The van der Waals surface area contributed by atoms with Crippen molar-refractivity contribution in [1.29, 1.82) is 0 Å². The monoisotopic (exact) mass is 168 g/mol. The molecular formula is C10H16O2. The Bertz CT molecular complexity index is 176. The van der Waals surface area contributed by atoms with Gasteiger partial charge in [0, 0.05) is 6.42 Å². The van der Waals surface area contributed by atoms with Crippen molar-refractivity contribution in [2.24, 2.45) is 17.8 Å². The largest absolute Gasteiger partial charge is 0.481 e. The first-order valence-electron chi connectivity index (χ1n) is 4.97. The maximum atomic E-state index is 10.5. The van der Waals surface area contributed by atoms with Crippen LogP contribution < -0.4 is 0 Å². The van der Waals surface area contributed by atoms with Gasteiger partial charge in [0.15, 0.2) is 0 Å². The average Bonchev–Trinajstić information content (AvgIpc) is 2.43. The molecule has 2 atom stereocenters. The summed E-state index contributed by atoms with van der Waals surface area (Å²) in [5.41, 5.74) is 0. The fourth-order valence-electron chi connectivity index (χ4n) is 3.10. The Morgan fingerprint density at radius 1 is 1.25 bits per heavy atom. The third-order valence-corrected chi connectivity index (χ3v) is 3.55. The van der Waals surface area contributed by atoms with Gasteiger partial charge >= 0.3 is 5.97 Å². The summed E-state index contributed by atoms with van der Waals surface area (Å²) in [5, 5.41) is 8.64. The molecule has 68 valence electrons. The van der Waals surface area contributed by atoms with Crippen LogP contribution in [0.2, 0.25) is 0 Å². The second-order valence-electron chi connectivity index (χ2n) is 4.39. The van der Waals surface area contributed by atoms with Crippen molar-refractivity contribution in [2.45, 2.75) is 38.5 Å². The molecule has 0 heterocycles. The minimum atomic E-state index is -0.611. The maximum absolute atomic E-state index is 10.5. The molecule has 0 aromatic carbocycles. The fraction of sp³-hybridized carbons (Fsp3) is 0.900. The predicted molar refractivity (Wildman–Crippen MR) is 45.8 cm³/mol. The summed E-state index contributed by atoms with van der Waals surface area (Å²) in [6.45, 7) is 0. The quantitative estimate of drug-likeness (QED) is 0.686. The third kappa shape index (κ3) is 1.47. The number of carbonyl (C=O) groups is 1. The van der Waals surface area contributed by atoms with Crippen molar-refractivity contribution in [1.82, 2.24) is 0 Å². The molecule has 0 saturated heterocycles. The first-order chi connectivity index (χ1) is 5.75. The molecule has 2 heteroatoms. The molecule has 0 aliphatic heterocycles. The van der Waals surface area contributed by atoms with Crippen LogP contribution in [0.5, 0.6) is 0 Å². The van der Waals surface area contributed by atoms with Gasteiger partial charge < -0.3 is 5.11 Å². The van der Waals surface area contributed by atoms with Gasteiger partial charge in [-0.2, -0.15) is 0 Å². The van der Waals surface area contributed by atoms with Crippen LogP contribution in [0, 0.1) is 17.8 Å². The van der Waals surface area contributed by atoms with Crippen LogP contribution in [0.3, 0.4) is 0 Å². The number of carboxylic acids is 1. The van der Waals surface area contributed by atoms with E-state index in [1.165, 1.54) is 32.1 Å². The molecule has 2 saturated carbocycles. The molecule has 2 aliphatic carbocycles. The zero-order chi connectivity index (χ0) is 8.55. The maximum Gasteiger partial charge on any atom is 0.303 e. The van der Waals surface area contributed by atoms with E-state index >= 15 is 0 Å². The van der Waals surface area contributed by atoms with Crippen molar-refractivity contribution in [3.05, 3.63) is 0 Å². The highest BCUT2D eigenvalue weighted by atomic mass is 16.4. The van der Waals surface area contributed by atoms with Gasteiger partial charge in [-0.25, -0.2) is 0 Å². The van der Waals surface area contributed by atoms with E-state index in [4.69, 9.17) is 5.11 Å². The van der Waals surface area contributed by atoms with E-state index in [1.807, 2.05) is 0 Å². The first kappa shape index (κ1) is 8.09. The molecule has 1 N–H and O–H groups in total. The van der Waals surface area contributed by atoms with E-state index in [0.717, 1.165) is 11.8 Å². The lowest BCUT2D eigenvalue weighted by Crippen LogP contribution is -2.04. The van der Waals surface area contributed by atoms with E-state index in [9.17, 15) is 4.79 Å². The topological polar surface area (TPSA) is 37.3 Å². The summed E-state index contributed by atoms with van der Waals surface area (Å²) in [5.74, 6) is 1.65. The first-order valence-corrected chi connectivity index (χ1v) is 4.97. The van der Waals surface area contributed by atoms with Crippen molar-refractivity contribution in [2.75, 3.05) is 0 Å². The van der Waals surface area contributed by atoms with E-state index in [2.05, 4.69) is 0 Å². The minimum Gasteiger partial charge on any atom is -0.481 e. The molecule has 0 aromatic rings. The van der Waals surface area contributed by atoms with Crippen LogP contribution >= 0.6 is 0 Å². The van der Waals surface area contributed by atoms with E-state index in [1.54, 1.807) is 0 Å². The number of aliphatic carboxylic acids is 1. The molecule has 2 aliphatic rings. The molecule has 2 fully saturated rings. The van der Waals surface area contributed by atoms with Gasteiger partial charge in [-0.1, -0.05) is 19.3 Å².